The van der Waals surface area contributed by atoms with Gasteiger partial charge in [-0.25, -0.2) is 0 Å². The van der Waals surface area contributed by atoms with Gasteiger partial charge in [0.05, 0.1) is 21.3 Å². The molecule has 1 aliphatic rings. The third kappa shape index (κ3) is 3.47. The molecule has 1 saturated heterocycles. The first-order chi connectivity index (χ1) is 10.6. The Morgan fingerprint density at radius 2 is 1.64 bits per heavy atom. The maximum absolute atomic E-state index is 6.07. The van der Waals surface area contributed by atoms with E-state index in [0.29, 0.717) is 23.8 Å². The zero-order valence-electron chi connectivity index (χ0n) is 14.1. The van der Waals surface area contributed by atoms with Crippen LogP contribution in [0.4, 0.5) is 0 Å². The van der Waals surface area contributed by atoms with Crippen LogP contribution in [-0.4, -0.2) is 45.9 Å². The summed E-state index contributed by atoms with van der Waals surface area (Å²) in [6.07, 6.45) is 2.45. The van der Waals surface area contributed by atoms with Gasteiger partial charge >= 0.3 is 0 Å². The molecule has 0 radical (unpaired) electrons. The van der Waals surface area contributed by atoms with Crippen molar-refractivity contribution >= 4 is 0 Å². The number of likely N-dealkylation sites (tertiary alicyclic amines) is 1. The van der Waals surface area contributed by atoms with Crippen LogP contribution in [0.5, 0.6) is 17.2 Å². The second-order valence-electron chi connectivity index (χ2n) is 5.93. The smallest absolute Gasteiger partial charge is 0.203 e. The lowest BCUT2D eigenvalue weighted by molar-refractivity contribution is 0.141. The second-order valence-corrected chi connectivity index (χ2v) is 5.93. The molecule has 1 fully saturated rings. The first-order valence-electron chi connectivity index (χ1n) is 7.88. The van der Waals surface area contributed by atoms with Crippen LogP contribution < -0.4 is 19.9 Å². The second kappa shape index (κ2) is 7.70. The highest BCUT2D eigenvalue weighted by Gasteiger charge is 2.25. The van der Waals surface area contributed by atoms with Crippen LogP contribution in [0.1, 0.15) is 31.4 Å². The molecule has 22 heavy (non-hydrogen) atoms. The first-order valence-corrected chi connectivity index (χ1v) is 7.88. The van der Waals surface area contributed by atoms with Crippen molar-refractivity contribution in [2.24, 2.45) is 11.7 Å². The van der Waals surface area contributed by atoms with Crippen molar-refractivity contribution in [3.05, 3.63) is 17.7 Å². The summed E-state index contributed by atoms with van der Waals surface area (Å²) >= 11 is 0. The van der Waals surface area contributed by atoms with Gasteiger partial charge < -0.3 is 19.9 Å². The molecule has 1 aromatic carbocycles. The summed E-state index contributed by atoms with van der Waals surface area (Å²) in [5.74, 6) is 2.78. The molecule has 1 aliphatic heterocycles. The van der Waals surface area contributed by atoms with Crippen LogP contribution in [0, 0.1) is 5.92 Å². The zero-order valence-corrected chi connectivity index (χ0v) is 14.1. The number of ether oxygens (including phenoxy) is 3. The predicted molar refractivity (Wildman–Crippen MR) is 87.9 cm³/mol. The fourth-order valence-electron chi connectivity index (χ4n) is 3.13. The molecule has 1 heterocycles. The fraction of sp³-hybridized carbons (Fsp3) is 0.647. The van der Waals surface area contributed by atoms with Crippen LogP contribution in [0.15, 0.2) is 12.1 Å². The summed E-state index contributed by atoms with van der Waals surface area (Å²) in [6, 6.07) is 4.20. The monoisotopic (exact) mass is 308 g/mol. The maximum Gasteiger partial charge on any atom is 0.203 e. The van der Waals surface area contributed by atoms with Crippen molar-refractivity contribution in [3.63, 3.8) is 0 Å². The van der Waals surface area contributed by atoms with E-state index in [-0.39, 0.29) is 6.04 Å². The van der Waals surface area contributed by atoms with Crippen molar-refractivity contribution < 1.29 is 14.2 Å². The molecule has 0 saturated carbocycles. The Kier molecular flexibility index (Phi) is 5.91. The normalized spacial score (nSPS) is 18.0. The standard InChI is InChI=1S/C17H28N2O3/c1-12-5-7-19(8-6-12)14(11-18)13-9-15(20-2)17(22-4)16(10-13)21-3/h9-10,12,14H,5-8,11,18H2,1-4H3. The van der Waals surface area contributed by atoms with E-state index in [0.717, 1.165) is 24.6 Å². The van der Waals surface area contributed by atoms with Gasteiger partial charge in [-0.2, -0.15) is 0 Å². The number of rotatable bonds is 6. The van der Waals surface area contributed by atoms with Gasteiger partial charge in [-0.3, -0.25) is 4.90 Å². The minimum Gasteiger partial charge on any atom is -0.493 e. The van der Waals surface area contributed by atoms with E-state index < -0.39 is 0 Å². The van der Waals surface area contributed by atoms with Crippen molar-refractivity contribution in [1.82, 2.24) is 4.90 Å². The summed E-state index contributed by atoms with van der Waals surface area (Å²) in [7, 11) is 4.90. The summed E-state index contributed by atoms with van der Waals surface area (Å²) in [5.41, 5.74) is 7.19. The van der Waals surface area contributed by atoms with E-state index in [2.05, 4.69) is 11.8 Å². The topological polar surface area (TPSA) is 57.0 Å². The molecular weight excluding hydrogens is 280 g/mol. The lowest BCUT2D eigenvalue weighted by atomic mass is 9.95. The molecule has 0 bridgehead atoms. The Morgan fingerprint density at radius 1 is 1.09 bits per heavy atom. The van der Waals surface area contributed by atoms with Gasteiger partial charge in [0.25, 0.3) is 0 Å². The molecule has 0 amide bonds. The molecule has 0 spiro atoms. The Labute approximate surface area is 133 Å². The number of methoxy groups -OCH3 is 3. The minimum absolute atomic E-state index is 0.182. The molecule has 5 heteroatoms. The predicted octanol–water partition coefficient (Wildman–Crippen LogP) is 2.44. The van der Waals surface area contributed by atoms with Gasteiger partial charge in [-0.15, -0.1) is 0 Å². The average Bonchev–Trinajstić information content (AvgIpc) is 2.56. The number of nitrogens with two attached hydrogens (primary N) is 1. The summed E-state index contributed by atoms with van der Waals surface area (Å²) in [6.45, 7) is 5.06. The van der Waals surface area contributed by atoms with Gasteiger partial charge in [0.2, 0.25) is 5.75 Å². The van der Waals surface area contributed by atoms with E-state index in [1.54, 1.807) is 21.3 Å². The van der Waals surface area contributed by atoms with E-state index >= 15 is 0 Å². The zero-order chi connectivity index (χ0) is 16.1. The minimum atomic E-state index is 0.182. The molecule has 2 rings (SSSR count). The van der Waals surface area contributed by atoms with Crippen molar-refractivity contribution in [3.8, 4) is 17.2 Å². The largest absolute Gasteiger partial charge is 0.493 e. The first kappa shape index (κ1) is 16.9. The van der Waals surface area contributed by atoms with E-state index in [1.165, 1.54) is 12.8 Å². The SMILES string of the molecule is COc1cc(C(CN)N2CCC(C)CC2)cc(OC)c1OC. The molecule has 1 aromatic rings. The lowest BCUT2D eigenvalue weighted by Gasteiger charge is -2.36. The highest BCUT2D eigenvalue weighted by Crippen LogP contribution is 2.40. The molecule has 0 aliphatic carbocycles. The number of hydrogen-bond acceptors (Lipinski definition) is 5. The molecule has 5 nitrogen and oxygen atoms in total. The van der Waals surface area contributed by atoms with Gasteiger partial charge in [-0.05, 0) is 49.5 Å². The molecule has 2 N–H and O–H groups in total. The van der Waals surface area contributed by atoms with Crippen LogP contribution >= 0.6 is 0 Å². The molecule has 0 aromatic heterocycles. The van der Waals surface area contributed by atoms with Crippen LogP contribution in [-0.2, 0) is 0 Å². The number of benzene rings is 1. The van der Waals surface area contributed by atoms with Gasteiger partial charge in [0, 0.05) is 12.6 Å². The molecule has 124 valence electrons. The van der Waals surface area contributed by atoms with Crippen molar-refractivity contribution in [2.75, 3.05) is 41.0 Å². The third-order valence-corrected chi connectivity index (χ3v) is 4.55. The van der Waals surface area contributed by atoms with Gasteiger partial charge in [0.1, 0.15) is 0 Å². The van der Waals surface area contributed by atoms with Crippen LogP contribution in [0.2, 0.25) is 0 Å². The summed E-state index contributed by atoms with van der Waals surface area (Å²) in [5, 5.41) is 0. The molecular formula is C17H28N2O3. The fourth-order valence-corrected chi connectivity index (χ4v) is 3.13. The van der Waals surface area contributed by atoms with Crippen LogP contribution in [0.25, 0.3) is 0 Å². The number of nitrogens with zero attached hydrogens (tertiary/aromatic N) is 1. The van der Waals surface area contributed by atoms with Gasteiger partial charge in [-0.1, -0.05) is 6.92 Å². The van der Waals surface area contributed by atoms with E-state index in [4.69, 9.17) is 19.9 Å². The van der Waals surface area contributed by atoms with Crippen molar-refractivity contribution in [2.45, 2.75) is 25.8 Å². The molecule has 1 unspecified atom stereocenters. The van der Waals surface area contributed by atoms with Gasteiger partial charge in [0.15, 0.2) is 11.5 Å². The third-order valence-electron chi connectivity index (χ3n) is 4.55. The number of hydrogen-bond donors (Lipinski definition) is 1. The Hall–Kier alpha value is -1.46. The Bertz CT molecular complexity index is 460. The van der Waals surface area contributed by atoms with E-state index in [9.17, 15) is 0 Å². The Balaban J connectivity index is 2.32. The highest BCUT2D eigenvalue weighted by atomic mass is 16.5. The lowest BCUT2D eigenvalue weighted by Crippen LogP contribution is -2.39. The average molecular weight is 308 g/mol. The van der Waals surface area contributed by atoms with E-state index in [1.807, 2.05) is 12.1 Å². The molecule has 1 atom stereocenters. The number of piperidine rings is 1. The quantitative estimate of drug-likeness (QED) is 0.875. The highest BCUT2D eigenvalue weighted by molar-refractivity contribution is 5.54. The van der Waals surface area contributed by atoms with Crippen LogP contribution in [0.3, 0.4) is 0 Å². The Morgan fingerprint density at radius 3 is 2.05 bits per heavy atom. The van der Waals surface area contributed by atoms with Crippen molar-refractivity contribution in [1.29, 1.82) is 0 Å². The summed E-state index contributed by atoms with van der Waals surface area (Å²) in [4.78, 5) is 2.46. The maximum atomic E-state index is 6.07. The summed E-state index contributed by atoms with van der Waals surface area (Å²) < 4.78 is 16.3.